The van der Waals surface area contributed by atoms with Gasteiger partial charge in [0.05, 0.1) is 5.92 Å². The van der Waals surface area contributed by atoms with Crippen LogP contribution in [0.2, 0.25) is 0 Å². The van der Waals surface area contributed by atoms with Crippen LogP contribution in [-0.2, 0) is 4.79 Å². The lowest BCUT2D eigenvalue weighted by molar-refractivity contribution is -0.134. The van der Waals surface area contributed by atoms with E-state index in [0.717, 1.165) is 38.9 Å². The molecule has 0 bridgehead atoms. The Balaban J connectivity index is 2.30. The van der Waals surface area contributed by atoms with Crippen LogP contribution in [0.15, 0.2) is 0 Å². The Morgan fingerprint density at radius 1 is 1.53 bits per heavy atom. The van der Waals surface area contributed by atoms with Crippen LogP contribution in [0.4, 0.5) is 0 Å². The van der Waals surface area contributed by atoms with Crippen molar-refractivity contribution in [2.24, 2.45) is 11.8 Å². The van der Waals surface area contributed by atoms with E-state index in [1.807, 2.05) is 11.9 Å². The highest BCUT2D eigenvalue weighted by Gasteiger charge is 2.23. The first-order valence-electron chi connectivity index (χ1n) is 6.07. The molecule has 1 amide bonds. The lowest BCUT2D eigenvalue weighted by Crippen LogP contribution is -2.41. The number of hydrogen-bond donors (Lipinski definition) is 1. The topological polar surface area (TPSA) is 32.3 Å². The Kier molecular flexibility index (Phi) is 5.09. The molecule has 1 fully saturated rings. The summed E-state index contributed by atoms with van der Waals surface area (Å²) in [5.74, 6) is 1.21. The minimum absolute atomic E-state index is 0.218. The van der Waals surface area contributed by atoms with Crippen LogP contribution >= 0.6 is 0 Å². The number of nitrogens with one attached hydrogen (secondary N) is 1. The number of rotatable bonds is 4. The van der Waals surface area contributed by atoms with Crippen molar-refractivity contribution < 1.29 is 4.79 Å². The molecule has 1 N–H and O–H groups in total. The third-order valence-electron chi connectivity index (χ3n) is 3.06. The molecule has 1 aliphatic rings. The van der Waals surface area contributed by atoms with Gasteiger partial charge < -0.3 is 10.2 Å². The SMILES string of the molecule is CC(C)CCN(C)C(=O)C1CCCNC1. The summed E-state index contributed by atoms with van der Waals surface area (Å²) in [6.07, 6.45) is 3.29. The molecule has 0 aliphatic carbocycles. The molecule has 0 spiro atoms. The quantitative estimate of drug-likeness (QED) is 0.766. The van der Waals surface area contributed by atoms with Gasteiger partial charge in [0, 0.05) is 20.1 Å². The van der Waals surface area contributed by atoms with Gasteiger partial charge in [-0.1, -0.05) is 13.8 Å². The fourth-order valence-electron chi connectivity index (χ4n) is 1.94. The van der Waals surface area contributed by atoms with E-state index in [1.54, 1.807) is 0 Å². The van der Waals surface area contributed by atoms with E-state index in [9.17, 15) is 4.79 Å². The largest absolute Gasteiger partial charge is 0.345 e. The molecule has 0 aromatic heterocycles. The van der Waals surface area contributed by atoms with Gasteiger partial charge in [0.25, 0.3) is 0 Å². The van der Waals surface area contributed by atoms with Gasteiger partial charge in [0.1, 0.15) is 0 Å². The summed E-state index contributed by atoms with van der Waals surface area (Å²) >= 11 is 0. The molecule has 3 nitrogen and oxygen atoms in total. The van der Waals surface area contributed by atoms with Gasteiger partial charge in [0.2, 0.25) is 5.91 Å². The normalized spacial score (nSPS) is 21.7. The summed E-state index contributed by atoms with van der Waals surface area (Å²) < 4.78 is 0. The standard InChI is InChI=1S/C12H24N2O/c1-10(2)6-8-14(3)12(15)11-5-4-7-13-9-11/h10-11,13H,4-9H2,1-3H3. The fraction of sp³-hybridized carbons (Fsp3) is 0.917. The summed E-state index contributed by atoms with van der Waals surface area (Å²) in [5.41, 5.74) is 0. The van der Waals surface area contributed by atoms with E-state index in [4.69, 9.17) is 0 Å². The van der Waals surface area contributed by atoms with E-state index >= 15 is 0 Å². The molecule has 0 aromatic rings. The van der Waals surface area contributed by atoms with Gasteiger partial charge in [-0.25, -0.2) is 0 Å². The fourth-order valence-corrected chi connectivity index (χ4v) is 1.94. The Bertz CT molecular complexity index is 198. The van der Waals surface area contributed by atoms with Crippen LogP contribution in [-0.4, -0.2) is 37.5 Å². The molecule has 0 aromatic carbocycles. The molecule has 1 heterocycles. The summed E-state index contributed by atoms with van der Waals surface area (Å²) in [6.45, 7) is 7.22. The van der Waals surface area contributed by atoms with E-state index in [1.165, 1.54) is 0 Å². The molecule has 0 saturated carbocycles. The molecule has 1 rings (SSSR count). The number of nitrogens with zero attached hydrogens (tertiary/aromatic N) is 1. The molecular weight excluding hydrogens is 188 g/mol. The van der Waals surface area contributed by atoms with Gasteiger partial charge in [-0.3, -0.25) is 4.79 Å². The maximum atomic E-state index is 12.0. The lowest BCUT2D eigenvalue weighted by atomic mass is 9.98. The van der Waals surface area contributed by atoms with E-state index in [-0.39, 0.29) is 5.92 Å². The predicted octanol–water partition coefficient (Wildman–Crippen LogP) is 1.49. The van der Waals surface area contributed by atoms with Crippen LogP contribution in [0.3, 0.4) is 0 Å². The zero-order valence-corrected chi connectivity index (χ0v) is 10.3. The van der Waals surface area contributed by atoms with Crippen LogP contribution < -0.4 is 5.32 Å². The predicted molar refractivity (Wildman–Crippen MR) is 62.7 cm³/mol. The van der Waals surface area contributed by atoms with Crippen molar-refractivity contribution in [1.29, 1.82) is 0 Å². The number of amides is 1. The minimum Gasteiger partial charge on any atom is -0.345 e. The average molecular weight is 212 g/mol. The molecule has 88 valence electrons. The number of piperidine rings is 1. The van der Waals surface area contributed by atoms with Crippen molar-refractivity contribution >= 4 is 5.91 Å². The second-order valence-corrected chi connectivity index (χ2v) is 4.99. The van der Waals surface area contributed by atoms with Gasteiger partial charge in [0.15, 0.2) is 0 Å². The molecule has 3 heteroatoms. The van der Waals surface area contributed by atoms with Gasteiger partial charge in [-0.15, -0.1) is 0 Å². The summed E-state index contributed by atoms with van der Waals surface area (Å²) in [5, 5.41) is 3.29. The highest BCUT2D eigenvalue weighted by molar-refractivity contribution is 5.78. The zero-order chi connectivity index (χ0) is 11.3. The monoisotopic (exact) mass is 212 g/mol. The molecule has 1 atom stereocenters. The van der Waals surface area contributed by atoms with Crippen molar-refractivity contribution in [2.75, 3.05) is 26.7 Å². The molecule has 0 radical (unpaired) electrons. The first-order chi connectivity index (χ1) is 7.11. The molecular formula is C12H24N2O. The minimum atomic E-state index is 0.218. The molecule has 1 aliphatic heterocycles. The molecule has 1 saturated heterocycles. The van der Waals surface area contributed by atoms with Crippen molar-refractivity contribution in [3.05, 3.63) is 0 Å². The summed E-state index contributed by atoms with van der Waals surface area (Å²) in [6, 6.07) is 0. The van der Waals surface area contributed by atoms with Crippen LogP contribution in [0.25, 0.3) is 0 Å². The second kappa shape index (κ2) is 6.11. The van der Waals surface area contributed by atoms with Crippen molar-refractivity contribution in [3.63, 3.8) is 0 Å². The maximum Gasteiger partial charge on any atom is 0.226 e. The van der Waals surface area contributed by atoms with Gasteiger partial charge in [-0.2, -0.15) is 0 Å². The van der Waals surface area contributed by atoms with E-state index < -0.39 is 0 Å². The van der Waals surface area contributed by atoms with E-state index in [0.29, 0.717) is 11.8 Å². The number of carbonyl (C=O) groups excluding carboxylic acids is 1. The van der Waals surface area contributed by atoms with Gasteiger partial charge in [-0.05, 0) is 31.7 Å². The second-order valence-electron chi connectivity index (χ2n) is 4.99. The van der Waals surface area contributed by atoms with Crippen LogP contribution in [0.5, 0.6) is 0 Å². The van der Waals surface area contributed by atoms with E-state index in [2.05, 4.69) is 19.2 Å². The maximum absolute atomic E-state index is 12.0. The average Bonchev–Trinajstić information content (AvgIpc) is 2.26. The summed E-state index contributed by atoms with van der Waals surface area (Å²) in [7, 11) is 1.93. The number of carbonyl (C=O) groups is 1. The first kappa shape index (κ1) is 12.5. The van der Waals surface area contributed by atoms with Crippen molar-refractivity contribution in [2.45, 2.75) is 33.1 Å². The van der Waals surface area contributed by atoms with Crippen molar-refractivity contribution in [1.82, 2.24) is 10.2 Å². The molecule has 15 heavy (non-hydrogen) atoms. The third kappa shape index (κ3) is 4.20. The van der Waals surface area contributed by atoms with Crippen molar-refractivity contribution in [3.8, 4) is 0 Å². The lowest BCUT2D eigenvalue weighted by Gasteiger charge is -2.27. The van der Waals surface area contributed by atoms with Crippen LogP contribution in [0.1, 0.15) is 33.1 Å². The number of hydrogen-bond acceptors (Lipinski definition) is 2. The highest BCUT2D eigenvalue weighted by atomic mass is 16.2. The Morgan fingerprint density at radius 3 is 2.80 bits per heavy atom. The molecule has 1 unspecified atom stereocenters. The Labute approximate surface area is 93.2 Å². The smallest absolute Gasteiger partial charge is 0.226 e. The highest BCUT2D eigenvalue weighted by Crippen LogP contribution is 2.13. The Hall–Kier alpha value is -0.570. The summed E-state index contributed by atoms with van der Waals surface area (Å²) in [4.78, 5) is 13.9. The first-order valence-corrected chi connectivity index (χ1v) is 6.07. The third-order valence-corrected chi connectivity index (χ3v) is 3.06. The van der Waals surface area contributed by atoms with Gasteiger partial charge >= 0.3 is 0 Å². The zero-order valence-electron chi connectivity index (χ0n) is 10.3. The Morgan fingerprint density at radius 2 is 2.27 bits per heavy atom. The van der Waals surface area contributed by atoms with Crippen LogP contribution in [0, 0.1) is 11.8 Å².